The zero-order valence-corrected chi connectivity index (χ0v) is 12.4. The highest BCUT2D eigenvalue weighted by molar-refractivity contribution is 7.07. The molecule has 2 aromatic rings. The molecule has 0 bridgehead atoms. The molecule has 1 aromatic heterocycles. The van der Waals surface area contributed by atoms with Crippen LogP contribution in [-0.2, 0) is 17.8 Å². The lowest BCUT2D eigenvalue weighted by Gasteiger charge is -2.17. The molecule has 0 aliphatic rings. The zero-order valence-electron chi connectivity index (χ0n) is 11.6. The van der Waals surface area contributed by atoms with Gasteiger partial charge in [-0.1, -0.05) is 12.1 Å². The summed E-state index contributed by atoms with van der Waals surface area (Å²) in [5.41, 5.74) is 2.33. The van der Waals surface area contributed by atoms with Crippen LogP contribution in [0.5, 0.6) is 0 Å². The number of nitrogens with one attached hydrogen (secondary N) is 1. The molecule has 2 N–H and O–H groups in total. The van der Waals surface area contributed by atoms with Gasteiger partial charge in [-0.05, 0) is 40.1 Å². The second-order valence-corrected chi connectivity index (χ2v) is 5.47. The predicted octanol–water partition coefficient (Wildman–Crippen LogP) is 3.04. The van der Waals surface area contributed by atoms with E-state index in [1.54, 1.807) is 47.5 Å². The van der Waals surface area contributed by atoms with Crippen LogP contribution in [0.2, 0.25) is 0 Å². The van der Waals surface area contributed by atoms with Crippen molar-refractivity contribution in [3.63, 3.8) is 0 Å². The molecule has 0 saturated heterocycles. The van der Waals surface area contributed by atoms with Crippen LogP contribution in [0.15, 0.2) is 41.1 Å². The second kappa shape index (κ2) is 6.90. The summed E-state index contributed by atoms with van der Waals surface area (Å²) in [4.78, 5) is 24.3. The smallest absolute Gasteiger partial charge is 0.321 e. The largest absolute Gasteiger partial charge is 0.481 e. The van der Waals surface area contributed by atoms with E-state index in [1.807, 2.05) is 16.8 Å². The van der Waals surface area contributed by atoms with Crippen molar-refractivity contribution in [2.24, 2.45) is 0 Å². The van der Waals surface area contributed by atoms with Crippen LogP contribution in [0.3, 0.4) is 0 Å². The number of hydrogen-bond acceptors (Lipinski definition) is 3. The maximum Gasteiger partial charge on any atom is 0.321 e. The van der Waals surface area contributed by atoms with Crippen molar-refractivity contribution < 1.29 is 14.7 Å². The Morgan fingerprint density at radius 1 is 1.29 bits per heavy atom. The lowest BCUT2D eigenvalue weighted by molar-refractivity contribution is -0.136. The van der Waals surface area contributed by atoms with Gasteiger partial charge in [-0.25, -0.2) is 4.79 Å². The minimum absolute atomic E-state index is 0.0611. The first kappa shape index (κ1) is 15.1. The van der Waals surface area contributed by atoms with E-state index < -0.39 is 5.97 Å². The number of amides is 2. The van der Waals surface area contributed by atoms with E-state index in [-0.39, 0.29) is 12.5 Å². The van der Waals surface area contributed by atoms with Gasteiger partial charge in [-0.3, -0.25) is 4.79 Å². The number of carboxylic acids is 1. The molecule has 0 saturated carbocycles. The number of aliphatic carboxylic acids is 1. The number of thiophene rings is 1. The van der Waals surface area contributed by atoms with Gasteiger partial charge in [0, 0.05) is 19.3 Å². The highest BCUT2D eigenvalue weighted by atomic mass is 32.1. The maximum absolute atomic E-state index is 12.1. The first-order valence-electron chi connectivity index (χ1n) is 6.38. The van der Waals surface area contributed by atoms with Crippen LogP contribution in [0.1, 0.15) is 11.1 Å². The monoisotopic (exact) mass is 304 g/mol. The molecule has 2 rings (SSSR count). The minimum atomic E-state index is -0.895. The molecular formula is C15H16N2O3S. The molecule has 21 heavy (non-hydrogen) atoms. The highest BCUT2D eigenvalue weighted by Crippen LogP contribution is 2.13. The van der Waals surface area contributed by atoms with Crippen molar-refractivity contribution in [2.75, 3.05) is 12.4 Å². The van der Waals surface area contributed by atoms with Crippen molar-refractivity contribution in [3.8, 4) is 0 Å². The van der Waals surface area contributed by atoms with Crippen LogP contribution in [0, 0.1) is 0 Å². The summed E-state index contributed by atoms with van der Waals surface area (Å²) in [6, 6.07) is 8.60. The van der Waals surface area contributed by atoms with E-state index in [2.05, 4.69) is 5.32 Å². The molecule has 1 aromatic carbocycles. The highest BCUT2D eigenvalue weighted by Gasteiger charge is 2.10. The van der Waals surface area contributed by atoms with E-state index in [0.29, 0.717) is 17.8 Å². The molecule has 0 aliphatic carbocycles. The van der Waals surface area contributed by atoms with E-state index in [1.165, 1.54) is 0 Å². The summed E-state index contributed by atoms with van der Waals surface area (Å²) < 4.78 is 0. The summed E-state index contributed by atoms with van der Waals surface area (Å²) in [5, 5.41) is 15.5. The summed E-state index contributed by atoms with van der Waals surface area (Å²) in [5.74, 6) is -0.895. The third-order valence-electron chi connectivity index (χ3n) is 2.88. The Morgan fingerprint density at radius 3 is 2.76 bits per heavy atom. The fourth-order valence-corrected chi connectivity index (χ4v) is 2.54. The Morgan fingerprint density at radius 2 is 2.10 bits per heavy atom. The standard InChI is InChI=1S/C15H16N2O3S/c1-17(9-12-5-6-21-10-12)15(20)16-13-4-2-3-11(7-13)8-14(18)19/h2-7,10H,8-9H2,1H3,(H,16,20)(H,18,19). The molecular weight excluding hydrogens is 288 g/mol. The summed E-state index contributed by atoms with van der Waals surface area (Å²) in [7, 11) is 1.72. The molecule has 2 amide bonds. The molecule has 5 nitrogen and oxygen atoms in total. The van der Waals surface area contributed by atoms with Crippen LogP contribution in [0.25, 0.3) is 0 Å². The van der Waals surface area contributed by atoms with E-state index >= 15 is 0 Å². The van der Waals surface area contributed by atoms with Gasteiger partial charge in [0.25, 0.3) is 0 Å². The quantitative estimate of drug-likeness (QED) is 0.892. The number of carboxylic acid groups (broad SMARTS) is 1. The Balaban J connectivity index is 1.97. The van der Waals surface area contributed by atoms with Gasteiger partial charge < -0.3 is 15.3 Å². The van der Waals surface area contributed by atoms with Crippen molar-refractivity contribution in [3.05, 3.63) is 52.2 Å². The maximum atomic E-state index is 12.1. The van der Waals surface area contributed by atoms with Gasteiger partial charge in [0.1, 0.15) is 0 Å². The summed E-state index contributed by atoms with van der Waals surface area (Å²) in [6.45, 7) is 0.532. The van der Waals surface area contributed by atoms with Gasteiger partial charge in [0.05, 0.1) is 6.42 Å². The Hall–Kier alpha value is -2.34. The van der Waals surface area contributed by atoms with Gasteiger partial charge >= 0.3 is 12.0 Å². The van der Waals surface area contributed by atoms with Crippen LogP contribution in [0.4, 0.5) is 10.5 Å². The number of anilines is 1. The lowest BCUT2D eigenvalue weighted by Crippen LogP contribution is -2.30. The first-order valence-corrected chi connectivity index (χ1v) is 7.33. The number of rotatable bonds is 5. The summed E-state index contributed by atoms with van der Waals surface area (Å²) >= 11 is 1.59. The number of urea groups is 1. The van der Waals surface area contributed by atoms with Crippen molar-refractivity contribution in [1.29, 1.82) is 0 Å². The molecule has 0 unspecified atom stereocenters. The van der Waals surface area contributed by atoms with E-state index in [9.17, 15) is 9.59 Å². The Bertz CT molecular complexity index is 626. The molecule has 0 atom stereocenters. The van der Waals surface area contributed by atoms with Crippen LogP contribution >= 0.6 is 11.3 Å². The topological polar surface area (TPSA) is 69.6 Å². The normalized spacial score (nSPS) is 10.1. The Labute approximate surface area is 126 Å². The van der Waals surface area contributed by atoms with Crippen molar-refractivity contribution in [2.45, 2.75) is 13.0 Å². The van der Waals surface area contributed by atoms with Crippen molar-refractivity contribution in [1.82, 2.24) is 4.90 Å². The average molecular weight is 304 g/mol. The molecule has 110 valence electrons. The zero-order chi connectivity index (χ0) is 15.2. The second-order valence-electron chi connectivity index (χ2n) is 4.69. The molecule has 0 radical (unpaired) electrons. The van der Waals surface area contributed by atoms with E-state index in [4.69, 9.17) is 5.11 Å². The van der Waals surface area contributed by atoms with E-state index in [0.717, 1.165) is 5.56 Å². The first-order chi connectivity index (χ1) is 10.0. The van der Waals surface area contributed by atoms with Crippen LogP contribution in [-0.4, -0.2) is 29.1 Å². The lowest BCUT2D eigenvalue weighted by atomic mass is 10.1. The SMILES string of the molecule is CN(Cc1ccsc1)C(=O)Nc1cccc(CC(=O)O)c1. The van der Waals surface area contributed by atoms with Crippen LogP contribution < -0.4 is 5.32 Å². The molecule has 0 aliphatic heterocycles. The number of hydrogen-bond donors (Lipinski definition) is 2. The molecule has 0 fully saturated rings. The molecule has 1 heterocycles. The van der Waals surface area contributed by atoms with Gasteiger partial charge in [0.2, 0.25) is 0 Å². The minimum Gasteiger partial charge on any atom is -0.481 e. The molecule has 0 spiro atoms. The summed E-state index contributed by atoms with van der Waals surface area (Å²) in [6.07, 6.45) is -0.0611. The number of carbonyl (C=O) groups is 2. The number of nitrogens with zero attached hydrogens (tertiary/aromatic N) is 1. The van der Waals surface area contributed by atoms with Crippen molar-refractivity contribution >= 4 is 29.0 Å². The Kier molecular flexibility index (Phi) is 4.94. The van der Waals surface area contributed by atoms with Gasteiger partial charge in [-0.2, -0.15) is 11.3 Å². The molecule has 6 heteroatoms. The number of carbonyl (C=O) groups excluding carboxylic acids is 1. The fourth-order valence-electron chi connectivity index (χ4n) is 1.88. The third-order valence-corrected chi connectivity index (χ3v) is 3.61. The van der Waals surface area contributed by atoms with Gasteiger partial charge in [0.15, 0.2) is 0 Å². The third kappa shape index (κ3) is 4.61. The average Bonchev–Trinajstić information content (AvgIpc) is 2.91. The predicted molar refractivity (Wildman–Crippen MR) is 82.6 cm³/mol. The van der Waals surface area contributed by atoms with Gasteiger partial charge in [-0.15, -0.1) is 0 Å². The number of benzene rings is 1. The fraction of sp³-hybridized carbons (Fsp3) is 0.200.